The molecule has 0 fully saturated rings. The average Bonchev–Trinajstić information content (AvgIpc) is 3.19. The second-order valence-corrected chi connectivity index (χ2v) is 9.88. The summed E-state index contributed by atoms with van der Waals surface area (Å²) in [4.78, 5) is 26.6. The minimum Gasteiger partial charge on any atom is -0.504 e. The fourth-order valence-corrected chi connectivity index (χ4v) is 5.13. The zero-order valence-electron chi connectivity index (χ0n) is 20.1. The predicted octanol–water partition coefficient (Wildman–Crippen LogP) is 3.93. The lowest BCUT2D eigenvalue weighted by atomic mass is 9.97. The van der Waals surface area contributed by atoms with Crippen molar-refractivity contribution < 1.29 is 14.6 Å². The van der Waals surface area contributed by atoms with E-state index < -0.39 is 17.3 Å². The number of halogens is 1. The summed E-state index contributed by atoms with van der Waals surface area (Å²) >= 11 is 6.16. The number of rotatable bonds is 3. The SMILES string of the molecule is COc1ccc([C@@H]2OCC(C)(C)n3c(-c4ccc(Cl)cc4)c4c(=O)n(C)c(=O)n(C)c4c32)cc1O. The molecule has 2 aromatic heterocycles. The number of phenolic OH excluding ortho intramolecular Hbond substituents is 1. The van der Waals surface area contributed by atoms with Crippen LogP contribution in [0.15, 0.2) is 52.1 Å². The summed E-state index contributed by atoms with van der Waals surface area (Å²) in [5.41, 5.74) is 1.97. The lowest BCUT2D eigenvalue weighted by Crippen LogP contribution is -2.40. The van der Waals surface area contributed by atoms with E-state index in [1.807, 2.05) is 32.0 Å². The van der Waals surface area contributed by atoms with Crippen molar-refractivity contribution in [2.45, 2.75) is 25.5 Å². The van der Waals surface area contributed by atoms with Crippen LogP contribution in [-0.2, 0) is 24.4 Å². The van der Waals surface area contributed by atoms with Crippen LogP contribution < -0.4 is 16.0 Å². The summed E-state index contributed by atoms with van der Waals surface area (Å²) in [5, 5.41) is 11.5. The Morgan fingerprint density at radius 1 is 1.09 bits per heavy atom. The van der Waals surface area contributed by atoms with Gasteiger partial charge in [0.05, 0.1) is 41.5 Å². The molecule has 8 nitrogen and oxygen atoms in total. The van der Waals surface area contributed by atoms with Crippen molar-refractivity contribution in [1.82, 2.24) is 13.7 Å². The summed E-state index contributed by atoms with van der Waals surface area (Å²) in [7, 11) is 4.62. The van der Waals surface area contributed by atoms with E-state index in [-0.39, 0.29) is 11.3 Å². The summed E-state index contributed by atoms with van der Waals surface area (Å²) in [5.74, 6) is 0.317. The van der Waals surface area contributed by atoms with Gasteiger partial charge in [0.2, 0.25) is 0 Å². The molecule has 4 aromatic rings. The van der Waals surface area contributed by atoms with E-state index in [1.54, 1.807) is 31.3 Å². The van der Waals surface area contributed by atoms with Crippen LogP contribution in [0.1, 0.15) is 31.2 Å². The normalized spacial score (nSPS) is 16.9. The molecule has 1 N–H and O–H groups in total. The first kappa shape index (κ1) is 23.3. The average molecular weight is 496 g/mol. The van der Waals surface area contributed by atoms with Gasteiger partial charge >= 0.3 is 5.69 Å². The minimum atomic E-state index is -0.638. The van der Waals surface area contributed by atoms with Gasteiger partial charge in [0.25, 0.3) is 5.56 Å². The van der Waals surface area contributed by atoms with Gasteiger partial charge in [-0.2, -0.15) is 0 Å². The van der Waals surface area contributed by atoms with E-state index >= 15 is 0 Å². The summed E-state index contributed by atoms with van der Waals surface area (Å²) in [6.07, 6.45) is -0.638. The molecule has 9 heteroatoms. The number of aromatic nitrogens is 3. The van der Waals surface area contributed by atoms with Crippen LogP contribution in [0.25, 0.3) is 22.2 Å². The second-order valence-electron chi connectivity index (χ2n) is 9.44. The maximum Gasteiger partial charge on any atom is 0.331 e. The number of hydrogen-bond donors (Lipinski definition) is 1. The fourth-order valence-electron chi connectivity index (χ4n) is 5.00. The molecule has 0 radical (unpaired) electrons. The van der Waals surface area contributed by atoms with Gasteiger partial charge in [0.15, 0.2) is 11.5 Å². The Labute approximate surface area is 206 Å². The molecule has 0 aliphatic carbocycles. The first-order chi connectivity index (χ1) is 16.6. The second kappa shape index (κ2) is 8.03. The molecule has 3 heterocycles. The number of phenols is 1. The molecule has 2 aromatic carbocycles. The van der Waals surface area contributed by atoms with E-state index in [2.05, 4.69) is 4.57 Å². The van der Waals surface area contributed by atoms with Crippen molar-refractivity contribution in [3.05, 3.63) is 79.6 Å². The molecule has 1 aliphatic heterocycles. The molecular formula is C26H26ClN3O5. The van der Waals surface area contributed by atoms with Gasteiger partial charge in [-0.3, -0.25) is 13.9 Å². The van der Waals surface area contributed by atoms with Crippen molar-refractivity contribution in [3.8, 4) is 22.8 Å². The third kappa shape index (κ3) is 3.39. The van der Waals surface area contributed by atoms with Gasteiger partial charge in [0.1, 0.15) is 6.10 Å². The topological polar surface area (TPSA) is 87.6 Å². The van der Waals surface area contributed by atoms with Gasteiger partial charge in [0, 0.05) is 19.1 Å². The summed E-state index contributed by atoms with van der Waals surface area (Å²) in [6.45, 7) is 4.39. The number of nitrogens with zero attached hydrogens (tertiary/aromatic N) is 3. The number of aryl methyl sites for hydroxylation is 1. The number of methoxy groups -OCH3 is 1. The molecule has 5 rings (SSSR count). The predicted molar refractivity (Wildman–Crippen MR) is 135 cm³/mol. The largest absolute Gasteiger partial charge is 0.504 e. The van der Waals surface area contributed by atoms with Crippen molar-refractivity contribution in [1.29, 1.82) is 0 Å². The molecule has 1 aliphatic rings. The van der Waals surface area contributed by atoms with Crippen LogP contribution in [0.4, 0.5) is 0 Å². The van der Waals surface area contributed by atoms with Gasteiger partial charge in [-0.1, -0.05) is 29.8 Å². The van der Waals surface area contributed by atoms with Gasteiger partial charge in [-0.05, 0) is 49.2 Å². The standard InChI is InChI=1S/C26H26ClN3O5/c1-26(2)13-35-23(15-8-11-18(34-5)17(31)12-15)22-21-19(24(32)29(4)25(33)28(21)3)20(30(22)26)14-6-9-16(27)10-7-14/h6-12,23,31H,13H2,1-5H3/t23-/m0/s1. The molecule has 0 unspecified atom stereocenters. The molecule has 1 atom stereocenters. The Hall–Kier alpha value is -3.49. The lowest BCUT2D eigenvalue weighted by Gasteiger charge is -2.39. The van der Waals surface area contributed by atoms with E-state index in [4.69, 9.17) is 21.1 Å². The number of aromatic hydroxyl groups is 1. The molecule has 0 saturated heterocycles. The molecule has 0 spiro atoms. The highest BCUT2D eigenvalue weighted by molar-refractivity contribution is 6.30. The lowest BCUT2D eigenvalue weighted by molar-refractivity contribution is -0.00716. The molecule has 35 heavy (non-hydrogen) atoms. The highest BCUT2D eigenvalue weighted by Crippen LogP contribution is 2.46. The highest BCUT2D eigenvalue weighted by Gasteiger charge is 2.40. The van der Waals surface area contributed by atoms with Crippen molar-refractivity contribution in [3.63, 3.8) is 0 Å². The third-order valence-electron chi connectivity index (χ3n) is 6.69. The van der Waals surface area contributed by atoms with Crippen LogP contribution in [0.2, 0.25) is 5.02 Å². The van der Waals surface area contributed by atoms with Crippen molar-refractivity contribution in [2.24, 2.45) is 14.1 Å². The first-order valence-corrected chi connectivity index (χ1v) is 11.5. The van der Waals surface area contributed by atoms with Gasteiger partial charge in [-0.25, -0.2) is 4.79 Å². The van der Waals surface area contributed by atoms with Crippen LogP contribution in [0.3, 0.4) is 0 Å². The van der Waals surface area contributed by atoms with E-state index in [9.17, 15) is 14.7 Å². The van der Waals surface area contributed by atoms with Gasteiger partial charge in [-0.15, -0.1) is 0 Å². The number of hydrogen-bond acceptors (Lipinski definition) is 5. The molecule has 182 valence electrons. The van der Waals surface area contributed by atoms with E-state index in [0.717, 1.165) is 10.1 Å². The number of benzene rings is 2. The number of ether oxygens (including phenoxy) is 2. The summed E-state index contributed by atoms with van der Waals surface area (Å²) in [6, 6.07) is 12.4. The molecular weight excluding hydrogens is 470 g/mol. The zero-order chi connectivity index (χ0) is 25.2. The maximum atomic E-state index is 13.6. The van der Waals surface area contributed by atoms with Crippen LogP contribution in [-0.4, -0.2) is 32.5 Å². The quantitative estimate of drug-likeness (QED) is 0.465. The first-order valence-electron chi connectivity index (χ1n) is 11.2. The Morgan fingerprint density at radius 3 is 2.40 bits per heavy atom. The summed E-state index contributed by atoms with van der Waals surface area (Å²) < 4.78 is 16.3. The monoisotopic (exact) mass is 495 g/mol. The van der Waals surface area contributed by atoms with Crippen LogP contribution >= 0.6 is 11.6 Å². The van der Waals surface area contributed by atoms with Gasteiger partial charge < -0.3 is 19.1 Å². The van der Waals surface area contributed by atoms with Crippen molar-refractivity contribution >= 4 is 22.5 Å². The molecule has 0 saturated carbocycles. The fraction of sp³-hybridized carbons (Fsp3) is 0.308. The van der Waals surface area contributed by atoms with Crippen molar-refractivity contribution in [2.75, 3.05) is 13.7 Å². The Kier molecular flexibility index (Phi) is 5.34. The molecule has 0 amide bonds. The zero-order valence-corrected chi connectivity index (χ0v) is 20.9. The van der Waals surface area contributed by atoms with E-state index in [0.29, 0.717) is 45.2 Å². The highest BCUT2D eigenvalue weighted by atomic mass is 35.5. The van der Waals surface area contributed by atoms with Crippen LogP contribution in [0, 0.1) is 0 Å². The molecule has 0 bridgehead atoms. The smallest absolute Gasteiger partial charge is 0.331 e. The maximum absolute atomic E-state index is 13.6. The number of fused-ring (bicyclic) bond motifs is 3. The Morgan fingerprint density at radius 2 is 1.77 bits per heavy atom. The Bertz CT molecular complexity index is 1600. The van der Waals surface area contributed by atoms with Crippen LogP contribution in [0.5, 0.6) is 11.5 Å². The van der Waals surface area contributed by atoms with E-state index in [1.165, 1.54) is 18.7 Å². The minimum absolute atomic E-state index is 0.0245. The third-order valence-corrected chi connectivity index (χ3v) is 6.94. The Balaban J connectivity index is 1.96.